The molecule has 1 amide bonds. The van der Waals surface area contributed by atoms with Crippen molar-refractivity contribution in [3.05, 3.63) is 70.0 Å². The molecule has 4 rings (SSSR count). The van der Waals surface area contributed by atoms with Crippen LogP contribution in [0.15, 0.2) is 58.8 Å². The fourth-order valence-electron chi connectivity index (χ4n) is 3.59. The van der Waals surface area contributed by atoms with Crippen molar-refractivity contribution in [3.8, 4) is 0 Å². The number of rotatable bonds is 1. The van der Waals surface area contributed by atoms with Gasteiger partial charge in [0.05, 0.1) is 5.41 Å². The maximum atomic E-state index is 15.5. The van der Waals surface area contributed by atoms with Crippen molar-refractivity contribution in [2.75, 3.05) is 11.4 Å². The lowest BCUT2D eigenvalue weighted by Gasteiger charge is -2.54. The van der Waals surface area contributed by atoms with Gasteiger partial charge in [-0.25, -0.2) is 4.39 Å². The number of nitrogens with one attached hydrogen (secondary N) is 1. The topological polar surface area (TPSA) is 32.3 Å². The van der Waals surface area contributed by atoms with Gasteiger partial charge in [-0.2, -0.15) is 0 Å². The minimum absolute atomic E-state index is 0.158. The number of carbonyl (C=O) groups is 1. The summed E-state index contributed by atoms with van der Waals surface area (Å²) in [4.78, 5) is 14.7. The summed E-state index contributed by atoms with van der Waals surface area (Å²) in [5.41, 5.74) is 0.507. The zero-order valence-corrected chi connectivity index (χ0v) is 15.6. The van der Waals surface area contributed by atoms with E-state index in [-0.39, 0.29) is 11.7 Å². The van der Waals surface area contributed by atoms with Crippen LogP contribution in [0.5, 0.6) is 0 Å². The Kier molecular flexibility index (Phi) is 3.55. The molecule has 25 heavy (non-hydrogen) atoms. The third-order valence-electron chi connectivity index (χ3n) is 4.98. The number of anilines is 1. The molecule has 0 aliphatic carbocycles. The number of amides is 1. The van der Waals surface area contributed by atoms with Crippen LogP contribution in [0.1, 0.15) is 25.0 Å². The van der Waals surface area contributed by atoms with Crippen LogP contribution in [0.4, 0.5) is 10.1 Å². The highest BCUT2D eigenvalue weighted by atomic mass is 79.9. The predicted molar refractivity (Wildman–Crippen MR) is 101 cm³/mol. The molecule has 1 fully saturated rings. The van der Waals surface area contributed by atoms with Crippen LogP contribution < -0.4 is 10.2 Å². The largest absolute Gasteiger partial charge is 0.338 e. The first-order valence-electron chi connectivity index (χ1n) is 8.18. The summed E-state index contributed by atoms with van der Waals surface area (Å²) < 4.78 is 16.4. The summed E-state index contributed by atoms with van der Waals surface area (Å²) in [6, 6.07) is 15.1. The monoisotopic (exact) mass is 400 g/mol. The summed E-state index contributed by atoms with van der Waals surface area (Å²) >= 11 is 3.42. The van der Waals surface area contributed by atoms with Gasteiger partial charge >= 0.3 is 0 Å². The predicted octanol–water partition coefficient (Wildman–Crippen LogP) is 4.59. The molecular formula is C20H18BrFN2O. The van der Waals surface area contributed by atoms with Gasteiger partial charge in [0.15, 0.2) is 11.5 Å². The maximum absolute atomic E-state index is 15.5. The molecule has 1 N–H and O–H groups in total. The van der Waals surface area contributed by atoms with Crippen LogP contribution in [0.3, 0.4) is 0 Å². The Balaban J connectivity index is 1.98. The van der Waals surface area contributed by atoms with Crippen molar-refractivity contribution in [2.24, 2.45) is 5.41 Å². The van der Waals surface area contributed by atoms with E-state index in [9.17, 15) is 4.79 Å². The second-order valence-corrected chi connectivity index (χ2v) is 8.11. The number of fused-ring (bicyclic) bond motifs is 3. The molecule has 2 aliphatic heterocycles. The van der Waals surface area contributed by atoms with E-state index >= 15 is 4.39 Å². The summed E-state index contributed by atoms with van der Waals surface area (Å²) in [6.45, 7) is 4.19. The van der Waals surface area contributed by atoms with E-state index in [0.29, 0.717) is 12.1 Å². The lowest BCUT2D eigenvalue weighted by atomic mass is 9.80. The number of nitrogens with zero attached hydrogens (tertiary/aromatic N) is 1. The molecule has 0 aromatic heterocycles. The Bertz CT molecular complexity index is 891. The van der Waals surface area contributed by atoms with Crippen LogP contribution in [-0.4, -0.2) is 12.5 Å². The molecule has 1 unspecified atom stereocenters. The quantitative estimate of drug-likeness (QED) is 0.758. The molecule has 0 bridgehead atoms. The summed E-state index contributed by atoms with van der Waals surface area (Å²) in [7, 11) is 0. The van der Waals surface area contributed by atoms with E-state index in [1.165, 1.54) is 6.08 Å². The molecule has 1 saturated heterocycles. The average Bonchev–Trinajstić information content (AvgIpc) is 2.57. The Morgan fingerprint density at radius 3 is 2.52 bits per heavy atom. The van der Waals surface area contributed by atoms with E-state index in [4.69, 9.17) is 0 Å². The second-order valence-electron chi connectivity index (χ2n) is 7.19. The van der Waals surface area contributed by atoms with Crippen LogP contribution >= 0.6 is 15.9 Å². The van der Waals surface area contributed by atoms with Gasteiger partial charge in [0.2, 0.25) is 5.91 Å². The second kappa shape index (κ2) is 5.43. The molecule has 0 radical (unpaired) electrons. The van der Waals surface area contributed by atoms with E-state index in [0.717, 1.165) is 15.7 Å². The Morgan fingerprint density at radius 1 is 1.12 bits per heavy atom. The van der Waals surface area contributed by atoms with Crippen molar-refractivity contribution in [2.45, 2.75) is 19.5 Å². The third kappa shape index (κ3) is 2.33. The molecule has 1 atom stereocenters. The number of para-hydroxylation sites is 1. The van der Waals surface area contributed by atoms with Gasteiger partial charge in [-0.3, -0.25) is 4.79 Å². The molecule has 5 heteroatoms. The molecule has 0 saturated carbocycles. The molecule has 128 valence electrons. The van der Waals surface area contributed by atoms with Crippen LogP contribution in [0.25, 0.3) is 6.08 Å². The van der Waals surface area contributed by atoms with Gasteiger partial charge in [-0.15, -0.1) is 0 Å². The molecular weight excluding hydrogens is 383 g/mol. The van der Waals surface area contributed by atoms with E-state index in [1.54, 1.807) is 0 Å². The van der Waals surface area contributed by atoms with E-state index in [2.05, 4.69) is 21.2 Å². The third-order valence-corrected chi connectivity index (χ3v) is 5.51. The van der Waals surface area contributed by atoms with E-state index in [1.807, 2.05) is 67.3 Å². The first kappa shape index (κ1) is 16.3. The normalized spacial score (nSPS) is 24.1. The van der Waals surface area contributed by atoms with Gasteiger partial charge in [0, 0.05) is 27.8 Å². The van der Waals surface area contributed by atoms with E-state index < -0.39 is 11.1 Å². The highest BCUT2D eigenvalue weighted by Crippen LogP contribution is 2.48. The van der Waals surface area contributed by atoms with Gasteiger partial charge in [0.1, 0.15) is 0 Å². The van der Waals surface area contributed by atoms with Gasteiger partial charge in [-0.05, 0) is 38.1 Å². The molecule has 0 spiro atoms. The lowest BCUT2D eigenvalue weighted by molar-refractivity contribution is -0.133. The Morgan fingerprint density at radius 2 is 1.80 bits per heavy atom. The zero-order valence-electron chi connectivity index (χ0n) is 14.0. The highest BCUT2D eigenvalue weighted by molar-refractivity contribution is 9.10. The van der Waals surface area contributed by atoms with Gasteiger partial charge < -0.3 is 10.2 Å². The van der Waals surface area contributed by atoms with Crippen molar-refractivity contribution < 1.29 is 9.18 Å². The van der Waals surface area contributed by atoms with Crippen molar-refractivity contribution >= 4 is 33.6 Å². The van der Waals surface area contributed by atoms with Crippen LogP contribution in [-0.2, 0) is 10.5 Å². The van der Waals surface area contributed by atoms with Crippen molar-refractivity contribution in [1.29, 1.82) is 0 Å². The number of hydrogen-bond acceptors (Lipinski definition) is 2. The van der Waals surface area contributed by atoms with Gasteiger partial charge in [-0.1, -0.05) is 46.3 Å². The lowest BCUT2D eigenvalue weighted by Crippen LogP contribution is -2.69. The fraction of sp³-hybridized carbons (Fsp3) is 0.250. The Labute approximate surface area is 154 Å². The summed E-state index contributed by atoms with van der Waals surface area (Å²) in [5, 5.41) is 2.98. The summed E-state index contributed by atoms with van der Waals surface area (Å²) in [5.74, 6) is -0.535. The number of benzene rings is 2. The molecule has 2 aromatic carbocycles. The number of carbonyl (C=O) groups excluding carboxylic acids is 1. The SMILES string of the molecule is CC1(C)CN2c3ccccc3C=C(F)C2(c2ccc(Br)cc2)NC1=O. The first-order chi connectivity index (χ1) is 11.8. The zero-order chi connectivity index (χ0) is 17.8. The molecule has 2 aromatic rings. The van der Waals surface area contributed by atoms with Crippen LogP contribution in [0, 0.1) is 5.41 Å². The highest BCUT2D eigenvalue weighted by Gasteiger charge is 2.54. The smallest absolute Gasteiger partial charge is 0.229 e. The number of halogens is 2. The van der Waals surface area contributed by atoms with Crippen molar-refractivity contribution in [1.82, 2.24) is 5.32 Å². The Hall–Kier alpha value is -2.14. The maximum Gasteiger partial charge on any atom is 0.229 e. The van der Waals surface area contributed by atoms with Crippen molar-refractivity contribution in [3.63, 3.8) is 0 Å². The minimum Gasteiger partial charge on any atom is -0.338 e. The summed E-state index contributed by atoms with van der Waals surface area (Å²) in [6.07, 6.45) is 1.52. The fourth-order valence-corrected chi connectivity index (χ4v) is 3.86. The number of hydrogen-bond donors (Lipinski definition) is 1. The molecule has 2 aliphatic rings. The van der Waals surface area contributed by atoms with Crippen LogP contribution in [0.2, 0.25) is 0 Å². The molecule has 3 nitrogen and oxygen atoms in total. The van der Waals surface area contributed by atoms with Gasteiger partial charge in [0.25, 0.3) is 0 Å². The molecule has 2 heterocycles. The minimum atomic E-state index is -1.30. The average molecular weight is 401 g/mol. The standard InChI is InChI=1S/C20H18BrFN2O/c1-19(2)12-24-16-6-4-3-5-13(16)11-17(22)20(24,23-18(19)25)14-7-9-15(21)10-8-14/h3-11H,12H2,1-2H3,(H,23,25). The first-order valence-corrected chi connectivity index (χ1v) is 8.97.